The minimum Gasteiger partial charge on any atom is -0.353 e. The van der Waals surface area contributed by atoms with E-state index in [-0.39, 0.29) is 10.8 Å². The Labute approximate surface area is 169 Å². The first-order valence-corrected chi connectivity index (χ1v) is 11.5. The van der Waals surface area contributed by atoms with E-state index in [1.165, 1.54) is 37.7 Å². The van der Waals surface area contributed by atoms with Gasteiger partial charge in [-0.05, 0) is 99.0 Å². The summed E-state index contributed by atoms with van der Waals surface area (Å²) in [7, 11) is 0. The molecule has 5 saturated carbocycles. The quantitative estimate of drug-likeness (QED) is 0.805. The van der Waals surface area contributed by atoms with Crippen LogP contribution in [0.15, 0.2) is 30.3 Å². The van der Waals surface area contributed by atoms with E-state index < -0.39 is 0 Å². The van der Waals surface area contributed by atoms with Crippen LogP contribution in [0.4, 0.5) is 0 Å². The maximum atomic E-state index is 13.7. The summed E-state index contributed by atoms with van der Waals surface area (Å²) in [4.78, 5) is 13.7. The molecule has 4 bridgehead atoms. The van der Waals surface area contributed by atoms with Crippen molar-refractivity contribution >= 4 is 5.91 Å². The van der Waals surface area contributed by atoms with E-state index >= 15 is 0 Å². The number of carbonyl (C=O) groups excluding carboxylic acids is 1. The maximum absolute atomic E-state index is 13.7. The molecule has 3 N–H and O–H groups in total. The van der Waals surface area contributed by atoms with Crippen molar-refractivity contribution in [2.75, 3.05) is 6.54 Å². The van der Waals surface area contributed by atoms with Gasteiger partial charge in [0.2, 0.25) is 5.91 Å². The van der Waals surface area contributed by atoms with Gasteiger partial charge in [-0.1, -0.05) is 37.3 Å². The lowest BCUT2D eigenvalue weighted by Crippen LogP contribution is -2.62. The van der Waals surface area contributed by atoms with Gasteiger partial charge in [0.1, 0.15) is 0 Å². The van der Waals surface area contributed by atoms with Gasteiger partial charge in [0.25, 0.3) is 0 Å². The van der Waals surface area contributed by atoms with E-state index in [1.807, 2.05) is 0 Å². The zero-order valence-electron chi connectivity index (χ0n) is 17.4. The van der Waals surface area contributed by atoms with Gasteiger partial charge in [-0.2, -0.15) is 0 Å². The summed E-state index contributed by atoms with van der Waals surface area (Å²) >= 11 is 0. The smallest absolute Gasteiger partial charge is 0.226 e. The molecular formula is C25H36N2O. The number of carbonyl (C=O) groups is 1. The van der Waals surface area contributed by atoms with Gasteiger partial charge in [0.15, 0.2) is 0 Å². The Balaban J connectivity index is 1.39. The van der Waals surface area contributed by atoms with E-state index in [1.54, 1.807) is 0 Å². The van der Waals surface area contributed by atoms with Crippen LogP contribution in [0.25, 0.3) is 0 Å². The van der Waals surface area contributed by atoms with E-state index in [2.05, 4.69) is 42.6 Å². The second kappa shape index (κ2) is 6.58. The Kier molecular flexibility index (Phi) is 4.39. The number of hydrogen-bond acceptors (Lipinski definition) is 2. The normalized spacial score (nSPS) is 44.4. The van der Waals surface area contributed by atoms with Crippen molar-refractivity contribution < 1.29 is 4.79 Å². The number of hydrogen-bond donors (Lipinski definition) is 2. The van der Waals surface area contributed by atoms with Crippen molar-refractivity contribution in [3.8, 4) is 0 Å². The molecule has 5 fully saturated rings. The van der Waals surface area contributed by atoms with Crippen LogP contribution in [0.1, 0.15) is 76.7 Å². The predicted octanol–water partition coefficient (Wildman–Crippen LogP) is 4.55. The van der Waals surface area contributed by atoms with Gasteiger partial charge in [-0.3, -0.25) is 4.79 Å². The van der Waals surface area contributed by atoms with Crippen LogP contribution in [0.5, 0.6) is 0 Å². The van der Waals surface area contributed by atoms with Gasteiger partial charge < -0.3 is 11.1 Å². The van der Waals surface area contributed by atoms with Crippen LogP contribution >= 0.6 is 0 Å². The largest absolute Gasteiger partial charge is 0.353 e. The highest BCUT2D eigenvalue weighted by Crippen LogP contribution is 2.70. The molecule has 3 heteroatoms. The number of benzene rings is 1. The van der Waals surface area contributed by atoms with Crippen molar-refractivity contribution in [1.82, 2.24) is 5.32 Å². The fourth-order valence-corrected chi connectivity index (χ4v) is 8.17. The summed E-state index contributed by atoms with van der Waals surface area (Å²) < 4.78 is 0. The van der Waals surface area contributed by atoms with Crippen LogP contribution in [-0.2, 0) is 10.2 Å². The molecule has 1 aromatic carbocycles. The van der Waals surface area contributed by atoms with Gasteiger partial charge in [0.05, 0.1) is 5.41 Å². The van der Waals surface area contributed by atoms with Crippen molar-refractivity contribution in [1.29, 1.82) is 0 Å². The molecule has 28 heavy (non-hydrogen) atoms. The van der Waals surface area contributed by atoms with Crippen LogP contribution < -0.4 is 11.1 Å². The summed E-state index contributed by atoms with van der Waals surface area (Å²) in [5, 5.41) is 3.53. The third-order valence-electron chi connectivity index (χ3n) is 8.73. The summed E-state index contributed by atoms with van der Waals surface area (Å²) in [5.74, 6) is 1.74. The molecule has 3 nitrogen and oxygen atoms in total. The zero-order chi connectivity index (χ0) is 19.4. The predicted molar refractivity (Wildman–Crippen MR) is 113 cm³/mol. The fourth-order valence-electron chi connectivity index (χ4n) is 8.17. The minimum atomic E-state index is -0.144. The molecule has 5 aliphatic rings. The zero-order valence-corrected chi connectivity index (χ0v) is 17.4. The average molecular weight is 381 g/mol. The Bertz CT molecular complexity index is 740. The molecule has 0 spiro atoms. The first kappa shape index (κ1) is 18.7. The van der Waals surface area contributed by atoms with Gasteiger partial charge in [0, 0.05) is 6.04 Å². The van der Waals surface area contributed by atoms with Crippen molar-refractivity contribution in [2.45, 2.75) is 82.6 Å². The molecule has 1 amide bonds. The van der Waals surface area contributed by atoms with Gasteiger partial charge >= 0.3 is 0 Å². The molecule has 1 aromatic rings. The SMILES string of the molecule is CC12CC3CC(C(=O)NC4CCC(CN)CC4)(C1)CC(c1ccccc1)(C3)C2. The van der Waals surface area contributed by atoms with Crippen molar-refractivity contribution in [2.24, 2.45) is 28.4 Å². The van der Waals surface area contributed by atoms with Gasteiger partial charge in [-0.15, -0.1) is 0 Å². The Hall–Kier alpha value is -1.35. The maximum Gasteiger partial charge on any atom is 0.226 e. The standard InChI is InChI=1S/C25H36N2O/c1-23-11-19-12-24(15-23,20-5-3-2-4-6-20)17-25(13-19,16-23)22(28)27-21-9-7-18(14-26)8-10-21/h2-6,18-19,21H,7-17,26H2,1H3,(H,27,28). The second-order valence-electron chi connectivity index (χ2n) is 11.2. The topological polar surface area (TPSA) is 55.1 Å². The number of amides is 1. The lowest BCUT2D eigenvalue weighted by molar-refractivity contribution is -0.161. The summed E-state index contributed by atoms with van der Waals surface area (Å²) in [6.45, 7) is 3.26. The average Bonchev–Trinajstić information content (AvgIpc) is 2.67. The third kappa shape index (κ3) is 3.01. The van der Waals surface area contributed by atoms with E-state index in [0.29, 0.717) is 29.2 Å². The number of nitrogens with two attached hydrogens (primary N) is 1. The lowest BCUT2D eigenvalue weighted by Gasteiger charge is -2.65. The molecule has 152 valence electrons. The molecule has 4 unspecified atom stereocenters. The highest BCUT2D eigenvalue weighted by atomic mass is 16.2. The molecule has 0 aromatic heterocycles. The van der Waals surface area contributed by atoms with Crippen LogP contribution in [0.3, 0.4) is 0 Å². The summed E-state index contributed by atoms with van der Waals surface area (Å²) in [6.07, 6.45) is 11.7. The second-order valence-corrected chi connectivity index (χ2v) is 11.2. The molecule has 4 atom stereocenters. The number of nitrogens with one attached hydrogen (secondary N) is 1. The monoisotopic (exact) mass is 380 g/mol. The highest BCUT2D eigenvalue weighted by molar-refractivity contribution is 5.84. The molecular weight excluding hydrogens is 344 g/mol. The van der Waals surface area contributed by atoms with E-state index in [9.17, 15) is 4.79 Å². The lowest BCUT2D eigenvalue weighted by atomic mass is 9.38. The molecule has 6 rings (SSSR count). The van der Waals surface area contributed by atoms with Crippen LogP contribution in [-0.4, -0.2) is 18.5 Å². The highest BCUT2D eigenvalue weighted by Gasteiger charge is 2.64. The Morgan fingerprint density at radius 1 is 1.04 bits per heavy atom. The molecule has 0 heterocycles. The molecule has 0 saturated heterocycles. The van der Waals surface area contributed by atoms with Crippen molar-refractivity contribution in [3.05, 3.63) is 35.9 Å². The Morgan fingerprint density at radius 3 is 2.46 bits per heavy atom. The first-order valence-electron chi connectivity index (χ1n) is 11.5. The first-order chi connectivity index (χ1) is 13.4. The third-order valence-corrected chi connectivity index (χ3v) is 8.73. The van der Waals surface area contributed by atoms with Gasteiger partial charge in [-0.25, -0.2) is 0 Å². The van der Waals surface area contributed by atoms with E-state index in [4.69, 9.17) is 5.73 Å². The molecule has 0 radical (unpaired) electrons. The van der Waals surface area contributed by atoms with Crippen LogP contribution in [0, 0.1) is 22.7 Å². The van der Waals surface area contributed by atoms with Crippen LogP contribution in [0.2, 0.25) is 0 Å². The molecule has 5 aliphatic carbocycles. The van der Waals surface area contributed by atoms with E-state index in [0.717, 1.165) is 38.6 Å². The fraction of sp³-hybridized carbons (Fsp3) is 0.720. The Morgan fingerprint density at radius 2 is 1.79 bits per heavy atom. The summed E-state index contributed by atoms with van der Waals surface area (Å²) in [6, 6.07) is 11.5. The minimum absolute atomic E-state index is 0.144. The molecule has 0 aliphatic heterocycles. The number of rotatable bonds is 4. The summed E-state index contributed by atoms with van der Waals surface area (Å²) in [5.41, 5.74) is 7.72. The van der Waals surface area contributed by atoms with Crippen molar-refractivity contribution in [3.63, 3.8) is 0 Å².